The van der Waals surface area contributed by atoms with E-state index in [-0.39, 0.29) is 5.69 Å². The Morgan fingerprint density at radius 2 is 2.17 bits per heavy atom. The Balaban J connectivity index is 1.74. The largest absolute Gasteiger partial charge is 0.418 e. The molecule has 1 atom stereocenters. The molecule has 3 heterocycles. The van der Waals surface area contributed by atoms with Gasteiger partial charge in [-0.3, -0.25) is 9.97 Å². The summed E-state index contributed by atoms with van der Waals surface area (Å²) >= 11 is 1.50. The van der Waals surface area contributed by atoms with Crippen LogP contribution in [0.4, 0.5) is 13.2 Å². The molecule has 0 spiro atoms. The van der Waals surface area contributed by atoms with Crippen LogP contribution in [0, 0.1) is 0 Å². The number of hydrogen-bond donors (Lipinski definition) is 1. The van der Waals surface area contributed by atoms with E-state index in [1.54, 1.807) is 11.7 Å². The van der Waals surface area contributed by atoms with E-state index in [2.05, 4.69) is 15.3 Å². The molecular weight excluding hydrogens is 327 g/mol. The molecule has 1 saturated heterocycles. The minimum absolute atomic E-state index is 0.00112. The summed E-state index contributed by atoms with van der Waals surface area (Å²) in [6, 6.07) is 1.17. The van der Waals surface area contributed by atoms with Crippen LogP contribution in [0.1, 0.15) is 40.6 Å². The molecule has 0 bridgehead atoms. The van der Waals surface area contributed by atoms with Gasteiger partial charge in [0.05, 0.1) is 16.8 Å². The van der Waals surface area contributed by atoms with E-state index >= 15 is 0 Å². The summed E-state index contributed by atoms with van der Waals surface area (Å²) in [5.74, 6) is 0. The maximum Gasteiger partial charge on any atom is 0.418 e. The number of alkyl halides is 3. The van der Waals surface area contributed by atoms with Crippen LogP contribution < -0.4 is 5.32 Å². The number of pyridine rings is 1. The van der Waals surface area contributed by atoms with Gasteiger partial charge in [-0.1, -0.05) is 0 Å². The van der Waals surface area contributed by atoms with Crippen LogP contribution in [0.25, 0.3) is 0 Å². The average molecular weight is 343 g/mol. The zero-order valence-electron chi connectivity index (χ0n) is 12.3. The first-order valence-electron chi connectivity index (χ1n) is 7.30. The first kappa shape index (κ1) is 16.4. The van der Waals surface area contributed by atoms with E-state index in [0.29, 0.717) is 31.7 Å². The van der Waals surface area contributed by atoms with Gasteiger partial charge in [-0.2, -0.15) is 13.2 Å². The zero-order valence-corrected chi connectivity index (χ0v) is 13.1. The second kappa shape index (κ2) is 6.94. The summed E-state index contributed by atoms with van der Waals surface area (Å²) in [7, 11) is 0. The number of nitrogens with one attached hydrogen (secondary N) is 1. The van der Waals surface area contributed by atoms with Crippen molar-refractivity contribution >= 4 is 11.3 Å². The second-order valence-electron chi connectivity index (χ2n) is 5.35. The van der Waals surface area contributed by atoms with Crippen molar-refractivity contribution in [1.82, 2.24) is 15.3 Å². The summed E-state index contributed by atoms with van der Waals surface area (Å²) in [6.45, 7) is 1.38. The molecule has 4 nitrogen and oxygen atoms in total. The molecule has 2 aromatic rings. The molecule has 1 unspecified atom stereocenters. The minimum Gasteiger partial charge on any atom is -0.372 e. The maximum atomic E-state index is 13.3. The van der Waals surface area contributed by atoms with E-state index in [1.165, 1.54) is 23.6 Å². The van der Waals surface area contributed by atoms with E-state index in [4.69, 9.17) is 4.74 Å². The molecule has 2 aromatic heterocycles. The highest BCUT2D eigenvalue weighted by Gasteiger charge is 2.37. The third-order valence-corrected chi connectivity index (χ3v) is 4.41. The number of halogens is 3. The number of hydrogen-bond acceptors (Lipinski definition) is 5. The lowest BCUT2D eigenvalue weighted by atomic mass is 10.0. The van der Waals surface area contributed by atoms with E-state index in [0.717, 1.165) is 11.3 Å². The SMILES string of the molecule is FC(F)(F)c1cc(CNCc2cncs2)cnc1C1CCCO1. The van der Waals surface area contributed by atoms with Crippen molar-refractivity contribution in [1.29, 1.82) is 0 Å². The van der Waals surface area contributed by atoms with Crippen LogP contribution in [0.2, 0.25) is 0 Å². The predicted octanol–water partition coefficient (Wildman–Crippen LogP) is 3.70. The smallest absolute Gasteiger partial charge is 0.372 e. The first-order chi connectivity index (χ1) is 11.0. The van der Waals surface area contributed by atoms with Gasteiger partial charge < -0.3 is 10.1 Å². The van der Waals surface area contributed by atoms with Gasteiger partial charge in [0.25, 0.3) is 0 Å². The quantitative estimate of drug-likeness (QED) is 0.899. The van der Waals surface area contributed by atoms with E-state index in [1.807, 2.05) is 0 Å². The van der Waals surface area contributed by atoms with Gasteiger partial charge in [0, 0.05) is 37.0 Å². The lowest BCUT2D eigenvalue weighted by Crippen LogP contribution is -2.17. The molecule has 0 aliphatic carbocycles. The van der Waals surface area contributed by atoms with Crippen molar-refractivity contribution in [2.45, 2.75) is 38.2 Å². The summed E-state index contributed by atoms with van der Waals surface area (Å²) in [5, 5.41) is 3.10. The number of thiazole rings is 1. The Kier molecular flexibility index (Phi) is 4.93. The van der Waals surface area contributed by atoms with Gasteiger partial charge in [-0.05, 0) is 24.5 Å². The van der Waals surface area contributed by atoms with Crippen molar-refractivity contribution in [2.75, 3.05) is 6.61 Å². The van der Waals surface area contributed by atoms with Crippen LogP contribution in [-0.4, -0.2) is 16.6 Å². The summed E-state index contributed by atoms with van der Waals surface area (Å²) < 4.78 is 45.3. The molecule has 23 heavy (non-hydrogen) atoms. The highest BCUT2D eigenvalue weighted by atomic mass is 32.1. The van der Waals surface area contributed by atoms with Gasteiger partial charge in [-0.25, -0.2) is 0 Å². The van der Waals surface area contributed by atoms with Crippen LogP contribution in [0.5, 0.6) is 0 Å². The number of nitrogens with zero attached hydrogens (tertiary/aromatic N) is 2. The van der Waals surface area contributed by atoms with Crippen LogP contribution in [-0.2, 0) is 24.0 Å². The molecule has 0 amide bonds. The van der Waals surface area contributed by atoms with Crippen molar-refractivity contribution < 1.29 is 17.9 Å². The second-order valence-corrected chi connectivity index (χ2v) is 6.32. The van der Waals surface area contributed by atoms with E-state index < -0.39 is 17.8 Å². The highest BCUT2D eigenvalue weighted by Crippen LogP contribution is 2.38. The third-order valence-electron chi connectivity index (χ3n) is 3.63. The molecule has 8 heteroatoms. The lowest BCUT2D eigenvalue weighted by Gasteiger charge is -2.17. The molecule has 1 aliphatic rings. The third kappa shape index (κ3) is 4.07. The average Bonchev–Trinajstić information content (AvgIpc) is 3.20. The van der Waals surface area contributed by atoms with Crippen molar-refractivity contribution in [3.05, 3.63) is 45.7 Å². The predicted molar refractivity (Wildman–Crippen MR) is 79.8 cm³/mol. The summed E-state index contributed by atoms with van der Waals surface area (Å²) in [6.07, 6.45) is -0.405. The fourth-order valence-corrected chi connectivity index (χ4v) is 3.12. The maximum absolute atomic E-state index is 13.3. The van der Waals surface area contributed by atoms with Crippen molar-refractivity contribution in [3.63, 3.8) is 0 Å². The van der Waals surface area contributed by atoms with Crippen molar-refractivity contribution in [2.24, 2.45) is 0 Å². The Morgan fingerprint density at radius 3 is 2.83 bits per heavy atom. The molecule has 0 saturated carbocycles. The first-order valence-corrected chi connectivity index (χ1v) is 8.17. The van der Waals surface area contributed by atoms with Gasteiger partial charge in [0.15, 0.2) is 0 Å². The summed E-state index contributed by atoms with van der Waals surface area (Å²) in [4.78, 5) is 9.03. The molecule has 124 valence electrons. The van der Waals surface area contributed by atoms with Gasteiger partial charge >= 0.3 is 6.18 Å². The molecule has 1 aliphatic heterocycles. The minimum atomic E-state index is -4.43. The Bertz CT molecular complexity index is 640. The number of ether oxygens (including phenoxy) is 1. The monoisotopic (exact) mass is 343 g/mol. The Labute approximate surface area is 135 Å². The van der Waals surface area contributed by atoms with Gasteiger partial charge in [-0.15, -0.1) is 11.3 Å². The Hall–Kier alpha value is -1.51. The fourth-order valence-electron chi connectivity index (χ4n) is 2.55. The fraction of sp³-hybridized carbons (Fsp3) is 0.467. The number of aromatic nitrogens is 2. The van der Waals surface area contributed by atoms with Gasteiger partial charge in [0.2, 0.25) is 0 Å². The van der Waals surface area contributed by atoms with Crippen LogP contribution in [0.3, 0.4) is 0 Å². The van der Waals surface area contributed by atoms with Crippen LogP contribution in [0.15, 0.2) is 24.0 Å². The summed E-state index contributed by atoms with van der Waals surface area (Å²) in [5.41, 5.74) is 1.53. The molecule has 0 radical (unpaired) electrons. The van der Waals surface area contributed by atoms with Crippen LogP contribution >= 0.6 is 11.3 Å². The van der Waals surface area contributed by atoms with E-state index in [9.17, 15) is 13.2 Å². The standard InChI is InChI=1S/C15H16F3N3OS/c16-15(17,18)12-4-10(5-19-7-11-8-20-9-23-11)6-21-14(12)13-2-1-3-22-13/h4,6,8-9,13,19H,1-3,5,7H2. The highest BCUT2D eigenvalue weighted by molar-refractivity contribution is 7.09. The number of rotatable bonds is 5. The van der Waals surface area contributed by atoms with Gasteiger partial charge in [0.1, 0.15) is 6.10 Å². The molecule has 0 aromatic carbocycles. The normalized spacial score (nSPS) is 18.5. The topological polar surface area (TPSA) is 47.0 Å². The van der Waals surface area contributed by atoms with Crippen molar-refractivity contribution in [3.8, 4) is 0 Å². The molecule has 3 rings (SSSR count). The molecule has 1 fully saturated rings. The zero-order chi connectivity index (χ0) is 16.3. The lowest BCUT2D eigenvalue weighted by molar-refractivity contribution is -0.139. The molecular formula is C15H16F3N3OS. The molecule has 1 N–H and O–H groups in total. The Morgan fingerprint density at radius 1 is 1.30 bits per heavy atom.